The van der Waals surface area contributed by atoms with Crippen LogP contribution < -0.4 is 4.74 Å². The van der Waals surface area contributed by atoms with Gasteiger partial charge < -0.3 is 9.84 Å². The third-order valence-corrected chi connectivity index (χ3v) is 3.36. The van der Waals surface area contributed by atoms with Gasteiger partial charge in [0.25, 0.3) is 0 Å². The quantitative estimate of drug-likeness (QED) is 0.939. The molecule has 0 saturated heterocycles. The summed E-state index contributed by atoms with van der Waals surface area (Å²) in [5, 5.41) is 18.9. The fraction of sp³-hybridized carbons (Fsp3) is 0.133. The normalized spacial score (nSPS) is 11.6. The molecule has 96 valence electrons. The van der Waals surface area contributed by atoms with Crippen LogP contribution in [0.25, 0.3) is 0 Å². The molecule has 1 unspecified atom stereocenters. The second-order valence-corrected chi connectivity index (χ2v) is 4.84. The summed E-state index contributed by atoms with van der Waals surface area (Å²) >= 11 is 3.39. The Hall–Kier alpha value is -1.83. The number of halogens is 1. The van der Waals surface area contributed by atoms with Crippen LogP contribution in [0.2, 0.25) is 0 Å². The second-order valence-electron chi connectivity index (χ2n) is 3.99. The van der Waals surface area contributed by atoms with Gasteiger partial charge in [0.05, 0.1) is 11.6 Å². The molecule has 0 amide bonds. The van der Waals surface area contributed by atoms with Crippen molar-refractivity contribution in [2.45, 2.75) is 6.10 Å². The minimum atomic E-state index is -0.721. The summed E-state index contributed by atoms with van der Waals surface area (Å²) in [6, 6.07) is 16.4. The van der Waals surface area contributed by atoms with E-state index in [9.17, 15) is 5.11 Å². The van der Waals surface area contributed by atoms with Crippen molar-refractivity contribution in [2.75, 3.05) is 6.61 Å². The van der Waals surface area contributed by atoms with Crippen LogP contribution in [-0.2, 0) is 0 Å². The summed E-state index contributed by atoms with van der Waals surface area (Å²) in [5.74, 6) is 0.574. The monoisotopic (exact) mass is 317 g/mol. The fourth-order valence-corrected chi connectivity index (χ4v) is 2.21. The van der Waals surface area contributed by atoms with Gasteiger partial charge in [-0.3, -0.25) is 0 Å². The smallest absolute Gasteiger partial charge is 0.120 e. The van der Waals surface area contributed by atoms with Crippen LogP contribution >= 0.6 is 15.9 Å². The minimum absolute atomic E-state index is 0.136. The number of hydrogen-bond acceptors (Lipinski definition) is 3. The van der Waals surface area contributed by atoms with Gasteiger partial charge in [-0.1, -0.05) is 40.2 Å². The van der Waals surface area contributed by atoms with Crippen molar-refractivity contribution < 1.29 is 9.84 Å². The molecule has 1 N–H and O–H groups in total. The Bertz CT molecular complexity index is 607. The Kier molecular flexibility index (Phi) is 4.56. The zero-order chi connectivity index (χ0) is 13.7. The van der Waals surface area contributed by atoms with Crippen molar-refractivity contribution in [2.24, 2.45) is 0 Å². The van der Waals surface area contributed by atoms with Crippen LogP contribution in [0, 0.1) is 11.3 Å². The van der Waals surface area contributed by atoms with Gasteiger partial charge in [-0.2, -0.15) is 5.26 Å². The van der Waals surface area contributed by atoms with E-state index in [1.165, 1.54) is 0 Å². The average molecular weight is 318 g/mol. The van der Waals surface area contributed by atoms with Crippen molar-refractivity contribution >= 4 is 15.9 Å². The lowest BCUT2D eigenvalue weighted by molar-refractivity contribution is 0.107. The molecule has 2 aromatic carbocycles. The summed E-state index contributed by atoms with van der Waals surface area (Å²) in [7, 11) is 0. The first-order valence-corrected chi connectivity index (χ1v) is 6.55. The van der Waals surface area contributed by atoms with Gasteiger partial charge in [-0.05, 0) is 29.8 Å². The summed E-state index contributed by atoms with van der Waals surface area (Å²) in [6.07, 6.45) is -0.721. The number of ether oxygens (including phenoxy) is 1. The van der Waals surface area contributed by atoms with Gasteiger partial charge in [-0.15, -0.1) is 0 Å². The zero-order valence-electron chi connectivity index (χ0n) is 10.1. The number of hydrogen-bond donors (Lipinski definition) is 1. The lowest BCUT2D eigenvalue weighted by Crippen LogP contribution is -2.10. The molecular formula is C15H12BrNO2. The van der Waals surface area contributed by atoms with E-state index in [-0.39, 0.29) is 6.61 Å². The van der Waals surface area contributed by atoms with Crippen LogP contribution in [0.5, 0.6) is 5.75 Å². The molecule has 0 aliphatic rings. The first-order chi connectivity index (χ1) is 9.20. The molecule has 0 bridgehead atoms. The van der Waals surface area contributed by atoms with E-state index >= 15 is 0 Å². The number of aliphatic hydroxyl groups excluding tert-OH is 1. The van der Waals surface area contributed by atoms with E-state index < -0.39 is 6.10 Å². The molecule has 0 radical (unpaired) electrons. The van der Waals surface area contributed by atoms with Crippen molar-refractivity contribution in [1.82, 2.24) is 0 Å². The van der Waals surface area contributed by atoms with Gasteiger partial charge in [0.1, 0.15) is 18.5 Å². The lowest BCUT2D eigenvalue weighted by Gasteiger charge is -2.14. The van der Waals surface area contributed by atoms with Gasteiger partial charge in [0.15, 0.2) is 0 Å². The Labute approximate surface area is 120 Å². The molecular weight excluding hydrogens is 306 g/mol. The van der Waals surface area contributed by atoms with Gasteiger partial charge >= 0.3 is 0 Å². The van der Waals surface area contributed by atoms with Crippen LogP contribution in [-0.4, -0.2) is 11.7 Å². The molecule has 2 rings (SSSR count). The summed E-state index contributed by atoms with van der Waals surface area (Å²) in [6.45, 7) is 0.136. The third kappa shape index (κ3) is 3.57. The predicted octanol–water partition coefficient (Wildman–Crippen LogP) is 3.43. The number of aliphatic hydroxyl groups is 1. The summed E-state index contributed by atoms with van der Waals surface area (Å²) in [5.41, 5.74) is 1.31. The van der Waals surface area contributed by atoms with Crippen molar-refractivity contribution in [3.8, 4) is 11.8 Å². The topological polar surface area (TPSA) is 53.2 Å². The van der Waals surface area contributed by atoms with E-state index in [0.29, 0.717) is 11.3 Å². The molecule has 4 heteroatoms. The highest BCUT2D eigenvalue weighted by Crippen LogP contribution is 2.24. The number of nitriles is 1. The Morgan fingerprint density at radius 2 is 2.00 bits per heavy atom. The summed E-state index contributed by atoms with van der Waals surface area (Å²) < 4.78 is 6.34. The lowest BCUT2D eigenvalue weighted by atomic mass is 10.1. The molecule has 19 heavy (non-hydrogen) atoms. The number of nitrogens with zero attached hydrogens (tertiary/aromatic N) is 1. The van der Waals surface area contributed by atoms with E-state index in [4.69, 9.17) is 10.00 Å². The highest BCUT2D eigenvalue weighted by atomic mass is 79.9. The van der Waals surface area contributed by atoms with E-state index in [0.717, 1.165) is 10.0 Å². The van der Waals surface area contributed by atoms with Crippen molar-refractivity contribution in [1.29, 1.82) is 5.26 Å². The molecule has 2 aromatic rings. The number of rotatable bonds is 4. The molecule has 0 saturated carbocycles. The Balaban J connectivity index is 2.03. The predicted molar refractivity (Wildman–Crippen MR) is 75.8 cm³/mol. The average Bonchev–Trinajstić information content (AvgIpc) is 2.45. The number of benzene rings is 2. The van der Waals surface area contributed by atoms with Crippen LogP contribution in [0.15, 0.2) is 53.0 Å². The SMILES string of the molecule is N#Cc1cccc(OCC(O)c2ccccc2Br)c1. The minimum Gasteiger partial charge on any atom is -0.490 e. The van der Waals surface area contributed by atoms with Gasteiger partial charge in [0, 0.05) is 4.47 Å². The largest absolute Gasteiger partial charge is 0.490 e. The molecule has 0 fully saturated rings. The highest BCUT2D eigenvalue weighted by molar-refractivity contribution is 9.10. The van der Waals surface area contributed by atoms with Crippen LogP contribution in [0.3, 0.4) is 0 Å². The van der Waals surface area contributed by atoms with E-state index in [2.05, 4.69) is 15.9 Å². The van der Waals surface area contributed by atoms with Gasteiger partial charge in [0.2, 0.25) is 0 Å². The molecule has 0 spiro atoms. The van der Waals surface area contributed by atoms with E-state index in [1.807, 2.05) is 30.3 Å². The molecule has 0 aromatic heterocycles. The van der Waals surface area contributed by atoms with Gasteiger partial charge in [-0.25, -0.2) is 0 Å². The fourth-order valence-electron chi connectivity index (χ4n) is 1.67. The van der Waals surface area contributed by atoms with Crippen LogP contribution in [0.1, 0.15) is 17.2 Å². The molecule has 0 aliphatic carbocycles. The van der Waals surface area contributed by atoms with E-state index in [1.54, 1.807) is 24.3 Å². The second kappa shape index (κ2) is 6.37. The molecule has 3 nitrogen and oxygen atoms in total. The van der Waals surface area contributed by atoms with Crippen LogP contribution in [0.4, 0.5) is 0 Å². The third-order valence-electron chi connectivity index (χ3n) is 2.64. The zero-order valence-corrected chi connectivity index (χ0v) is 11.7. The molecule has 0 heterocycles. The Morgan fingerprint density at radius 3 is 2.74 bits per heavy atom. The standard InChI is InChI=1S/C15H12BrNO2/c16-14-7-2-1-6-13(14)15(18)10-19-12-5-3-4-11(8-12)9-17/h1-8,15,18H,10H2. The van der Waals surface area contributed by atoms with Crippen molar-refractivity contribution in [3.05, 3.63) is 64.1 Å². The molecule has 0 aliphatic heterocycles. The first-order valence-electron chi connectivity index (χ1n) is 5.76. The maximum Gasteiger partial charge on any atom is 0.120 e. The summed E-state index contributed by atoms with van der Waals surface area (Å²) in [4.78, 5) is 0. The maximum absolute atomic E-state index is 10.1. The maximum atomic E-state index is 10.1. The Morgan fingerprint density at radius 1 is 1.21 bits per heavy atom. The molecule has 1 atom stereocenters. The first kappa shape index (κ1) is 13.6. The highest BCUT2D eigenvalue weighted by Gasteiger charge is 2.11. The van der Waals surface area contributed by atoms with Crippen molar-refractivity contribution in [3.63, 3.8) is 0 Å².